The quantitative estimate of drug-likeness (QED) is 0.516. The highest BCUT2D eigenvalue weighted by atomic mass is 32.2. The largest absolute Gasteiger partial charge is 0.330 e. The van der Waals surface area contributed by atoms with Gasteiger partial charge in [0.25, 0.3) is 11.1 Å². The highest BCUT2D eigenvalue weighted by molar-refractivity contribution is 7.98. The van der Waals surface area contributed by atoms with E-state index in [4.69, 9.17) is 0 Å². The van der Waals surface area contributed by atoms with Crippen molar-refractivity contribution in [1.82, 2.24) is 18.7 Å². The third kappa shape index (κ3) is 3.05. The Morgan fingerprint density at radius 3 is 2.52 bits per heavy atom. The Balaban J connectivity index is 2.04. The second-order valence-electron chi connectivity index (χ2n) is 5.62. The first-order valence-electron chi connectivity index (χ1n) is 7.82. The summed E-state index contributed by atoms with van der Waals surface area (Å²) in [7, 11) is 3.07. The molecule has 2 aromatic heterocycles. The van der Waals surface area contributed by atoms with Gasteiger partial charge in [0.2, 0.25) is 0 Å². The van der Waals surface area contributed by atoms with Crippen LogP contribution in [-0.4, -0.2) is 18.7 Å². The van der Waals surface area contributed by atoms with Crippen LogP contribution in [0.1, 0.15) is 12.6 Å². The van der Waals surface area contributed by atoms with Gasteiger partial charge < -0.3 is 0 Å². The Kier molecular flexibility index (Phi) is 4.63. The van der Waals surface area contributed by atoms with Gasteiger partial charge in [-0.3, -0.25) is 23.3 Å². The van der Waals surface area contributed by atoms with E-state index in [0.29, 0.717) is 34.1 Å². The molecule has 130 valence electrons. The number of benzene rings is 1. The van der Waals surface area contributed by atoms with Crippen LogP contribution >= 0.6 is 11.8 Å². The van der Waals surface area contributed by atoms with Crippen molar-refractivity contribution in [2.24, 2.45) is 14.1 Å². The zero-order valence-electron chi connectivity index (χ0n) is 14.2. The Bertz CT molecular complexity index is 1130. The van der Waals surface area contributed by atoms with Crippen molar-refractivity contribution in [3.63, 3.8) is 0 Å². The summed E-state index contributed by atoms with van der Waals surface area (Å²) in [5.74, 6) is 0.368. The van der Waals surface area contributed by atoms with E-state index in [1.54, 1.807) is 23.7 Å². The summed E-state index contributed by atoms with van der Waals surface area (Å²) in [5.41, 5.74) is 0.412. The molecule has 0 spiro atoms. The molecule has 0 radical (unpaired) electrons. The summed E-state index contributed by atoms with van der Waals surface area (Å²) in [5, 5.41) is 1.15. The first kappa shape index (κ1) is 17.2. The third-order valence-electron chi connectivity index (χ3n) is 4.12. The molecule has 1 aromatic carbocycles. The standard InChI is InChI=1S/C17H18N4O3S/c1-4-21-15(23)12-7-5-6-8-13(12)18-16(21)25-10-11-9-14(22)20(3)17(24)19(11)2/h5-9H,4,10H2,1-3H3. The molecule has 0 saturated carbocycles. The number of rotatable bonds is 4. The van der Waals surface area contributed by atoms with E-state index in [2.05, 4.69) is 4.98 Å². The third-order valence-corrected chi connectivity index (χ3v) is 5.13. The molecule has 0 fully saturated rings. The number of nitrogens with zero attached hydrogens (tertiary/aromatic N) is 4. The molecule has 0 saturated heterocycles. The molecule has 3 rings (SSSR count). The molecule has 0 atom stereocenters. The molecule has 25 heavy (non-hydrogen) atoms. The van der Waals surface area contributed by atoms with Crippen molar-refractivity contribution in [3.8, 4) is 0 Å². The van der Waals surface area contributed by atoms with Gasteiger partial charge in [-0.05, 0) is 19.1 Å². The van der Waals surface area contributed by atoms with E-state index < -0.39 is 0 Å². The van der Waals surface area contributed by atoms with E-state index in [-0.39, 0.29) is 16.8 Å². The van der Waals surface area contributed by atoms with Crippen LogP contribution in [0.5, 0.6) is 0 Å². The molecule has 2 heterocycles. The van der Waals surface area contributed by atoms with Crippen LogP contribution < -0.4 is 16.8 Å². The Morgan fingerprint density at radius 1 is 1.08 bits per heavy atom. The zero-order chi connectivity index (χ0) is 18.1. The van der Waals surface area contributed by atoms with Crippen LogP contribution in [0.4, 0.5) is 0 Å². The Labute approximate surface area is 147 Å². The van der Waals surface area contributed by atoms with Gasteiger partial charge in [0, 0.05) is 38.2 Å². The highest BCUT2D eigenvalue weighted by Crippen LogP contribution is 2.21. The molecular weight excluding hydrogens is 340 g/mol. The van der Waals surface area contributed by atoms with Crippen molar-refractivity contribution in [3.05, 3.63) is 67.2 Å². The van der Waals surface area contributed by atoms with E-state index in [1.807, 2.05) is 19.1 Å². The second kappa shape index (κ2) is 6.72. The van der Waals surface area contributed by atoms with Gasteiger partial charge in [0.05, 0.1) is 10.9 Å². The van der Waals surface area contributed by atoms with Crippen molar-refractivity contribution in [1.29, 1.82) is 0 Å². The van der Waals surface area contributed by atoms with Crippen LogP contribution in [0.25, 0.3) is 10.9 Å². The maximum Gasteiger partial charge on any atom is 0.330 e. The van der Waals surface area contributed by atoms with Crippen molar-refractivity contribution >= 4 is 22.7 Å². The number of para-hydroxylation sites is 1. The molecule has 0 aliphatic rings. The van der Waals surface area contributed by atoms with Crippen LogP contribution in [0.15, 0.2) is 49.9 Å². The Hall–Kier alpha value is -2.61. The van der Waals surface area contributed by atoms with Crippen LogP contribution in [0.3, 0.4) is 0 Å². The maximum absolute atomic E-state index is 12.6. The fraction of sp³-hybridized carbons (Fsp3) is 0.294. The molecular formula is C17H18N4O3S. The Morgan fingerprint density at radius 2 is 1.80 bits per heavy atom. The average Bonchev–Trinajstić information content (AvgIpc) is 2.62. The lowest BCUT2D eigenvalue weighted by molar-refractivity contribution is 0.632. The zero-order valence-corrected chi connectivity index (χ0v) is 15.0. The minimum absolute atomic E-state index is 0.0894. The maximum atomic E-state index is 12.6. The summed E-state index contributed by atoms with van der Waals surface area (Å²) in [6.07, 6.45) is 0. The molecule has 0 aliphatic carbocycles. The van der Waals surface area contributed by atoms with Gasteiger partial charge >= 0.3 is 5.69 Å². The fourth-order valence-electron chi connectivity index (χ4n) is 2.59. The highest BCUT2D eigenvalue weighted by Gasteiger charge is 2.12. The van der Waals surface area contributed by atoms with E-state index >= 15 is 0 Å². The topological polar surface area (TPSA) is 78.9 Å². The second-order valence-corrected chi connectivity index (χ2v) is 6.57. The van der Waals surface area contributed by atoms with Crippen LogP contribution in [-0.2, 0) is 26.4 Å². The summed E-state index contributed by atoms with van der Waals surface area (Å²) in [6, 6.07) is 8.65. The molecule has 0 bridgehead atoms. The number of hydrogen-bond acceptors (Lipinski definition) is 5. The summed E-state index contributed by atoms with van der Waals surface area (Å²) in [4.78, 5) is 41.0. The van der Waals surface area contributed by atoms with Gasteiger partial charge in [0.15, 0.2) is 5.16 Å². The van der Waals surface area contributed by atoms with Crippen molar-refractivity contribution in [2.75, 3.05) is 0 Å². The average molecular weight is 358 g/mol. The SMILES string of the molecule is CCn1c(SCc2cc(=O)n(C)c(=O)n2C)nc2ccccc2c1=O. The normalized spacial score (nSPS) is 11.2. The monoisotopic (exact) mass is 358 g/mol. The first-order valence-corrected chi connectivity index (χ1v) is 8.81. The molecule has 0 N–H and O–H groups in total. The predicted octanol–water partition coefficient (Wildman–Crippen LogP) is 1.11. The van der Waals surface area contributed by atoms with Gasteiger partial charge in [-0.2, -0.15) is 0 Å². The van der Waals surface area contributed by atoms with Crippen LogP contribution in [0.2, 0.25) is 0 Å². The summed E-state index contributed by atoms with van der Waals surface area (Å²) in [6.45, 7) is 2.38. The van der Waals surface area contributed by atoms with Gasteiger partial charge in [-0.15, -0.1) is 0 Å². The van der Waals surface area contributed by atoms with Gasteiger partial charge in [-0.1, -0.05) is 23.9 Å². The number of hydrogen-bond donors (Lipinski definition) is 0. The van der Waals surface area contributed by atoms with Gasteiger partial charge in [-0.25, -0.2) is 9.78 Å². The molecule has 0 aliphatic heterocycles. The molecule has 7 nitrogen and oxygen atoms in total. The summed E-state index contributed by atoms with van der Waals surface area (Å²) < 4.78 is 4.10. The van der Waals surface area contributed by atoms with E-state index in [1.165, 1.54) is 29.4 Å². The number of fused-ring (bicyclic) bond motifs is 1. The van der Waals surface area contributed by atoms with Crippen molar-refractivity contribution in [2.45, 2.75) is 24.4 Å². The van der Waals surface area contributed by atoms with E-state index in [0.717, 1.165) is 4.57 Å². The lowest BCUT2D eigenvalue weighted by atomic mass is 10.2. The minimum atomic E-state index is -0.373. The van der Waals surface area contributed by atoms with E-state index in [9.17, 15) is 14.4 Å². The molecule has 0 unspecified atom stereocenters. The van der Waals surface area contributed by atoms with Crippen molar-refractivity contribution < 1.29 is 0 Å². The lowest BCUT2D eigenvalue weighted by Crippen LogP contribution is -2.37. The molecule has 3 aromatic rings. The molecule has 8 heteroatoms. The lowest BCUT2D eigenvalue weighted by Gasteiger charge is -2.12. The predicted molar refractivity (Wildman–Crippen MR) is 98.2 cm³/mol. The number of aromatic nitrogens is 4. The van der Waals surface area contributed by atoms with Gasteiger partial charge in [0.1, 0.15) is 0 Å². The fourth-order valence-corrected chi connectivity index (χ4v) is 3.68. The molecule has 0 amide bonds. The smallest absolute Gasteiger partial charge is 0.300 e. The summed E-state index contributed by atoms with van der Waals surface area (Å²) >= 11 is 1.34. The van der Waals surface area contributed by atoms with Crippen LogP contribution in [0, 0.1) is 0 Å². The first-order chi connectivity index (χ1) is 11.9. The minimum Gasteiger partial charge on any atom is -0.300 e. The number of thioether (sulfide) groups is 1.